The lowest BCUT2D eigenvalue weighted by molar-refractivity contribution is -0.362. The number of carbonyl (C=O) groups excluding carboxylic acids is 1. The first-order valence-electron chi connectivity index (χ1n) is 11.5. The number of halogens is 2. The van der Waals surface area contributed by atoms with Crippen molar-refractivity contribution in [3.05, 3.63) is 69.4 Å². The van der Waals surface area contributed by atoms with Crippen LogP contribution in [-0.4, -0.2) is 47.8 Å². The Morgan fingerprint density at radius 1 is 1.23 bits per heavy atom. The highest BCUT2D eigenvalue weighted by atomic mass is 19.2. The quantitative estimate of drug-likeness (QED) is 0.177. The van der Waals surface area contributed by atoms with E-state index in [-0.39, 0.29) is 12.3 Å². The summed E-state index contributed by atoms with van der Waals surface area (Å²) in [6.07, 6.45) is 2.88. The molecule has 2 aliphatic heterocycles. The largest absolute Gasteiger partial charge is 0.737 e. The molecule has 0 saturated carbocycles. The molecule has 3 heterocycles. The molecule has 1 aromatic carbocycles. The summed E-state index contributed by atoms with van der Waals surface area (Å²) in [4.78, 5) is 14.9. The van der Waals surface area contributed by atoms with Crippen molar-refractivity contribution in [2.24, 2.45) is 5.11 Å². The molecule has 2 aliphatic rings. The Balaban J connectivity index is 1.57. The average molecular weight is 480 g/mol. The summed E-state index contributed by atoms with van der Waals surface area (Å²) in [5, 5.41) is 6.21. The monoisotopic (exact) mass is 480 g/mol. The number of carbonyl (C=O) groups is 1. The number of hydrogen-bond donors (Lipinski definition) is 1. The molecular weight excluding hydrogens is 453 g/mol. The second-order valence-corrected chi connectivity index (χ2v) is 8.58. The number of allylic oxidation sites excluding steroid dienone is 2. The van der Waals surface area contributed by atoms with E-state index in [1.165, 1.54) is 0 Å². The van der Waals surface area contributed by atoms with Crippen molar-refractivity contribution in [3.8, 4) is 17.0 Å². The maximum absolute atomic E-state index is 16.1. The summed E-state index contributed by atoms with van der Waals surface area (Å²) in [6.45, 7) is 0.0935. The number of nitrogens with zero attached hydrogens (tertiary/aromatic N) is 5. The number of hydrogen-bond acceptors (Lipinski definition) is 3. The lowest BCUT2D eigenvalue weighted by Gasteiger charge is -2.31. The first-order chi connectivity index (χ1) is 16.8. The minimum absolute atomic E-state index is 0.164. The van der Waals surface area contributed by atoms with Crippen molar-refractivity contribution >= 4 is 24.7 Å². The van der Waals surface area contributed by atoms with Gasteiger partial charge in [-0.2, -0.15) is 0 Å². The van der Waals surface area contributed by atoms with Crippen LogP contribution in [0.2, 0.25) is 0 Å². The summed E-state index contributed by atoms with van der Waals surface area (Å²) in [7, 11) is 1.56. The highest BCUT2D eigenvalue weighted by Gasteiger charge is 2.54. The number of aromatic nitrogens is 1. The van der Waals surface area contributed by atoms with Crippen LogP contribution in [0.25, 0.3) is 27.8 Å². The zero-order valence-corrected chi connectivity index (χ0v) is 20.0. The van der Waals surface area contributed by atoms with Gasteiger partial charge in [-0.1, -0.05) is 5.11 Å². The normalized spacial score (nSPS) is 15.9. The maximum Gasteiger partial charge on any atom is 0.737 e. The van der Waals surface area contributed by atoms with Gasteiger partial charge in [0.05, 0.1) is 7.11 Å². The number of nitrogens with one attached hydrogen (secondary N) is 1. The number of azide groups is 1. The molecule has 0 radical (unpaired) electrons. The van der Waals surface area contributed by atoms with E-state index < -0.39 is 6.97 Å². The molecule has 0 unspecified atom stereocenters. The van der Waals surface area contributed by atoms with E-state index in [1.54, 1.807) is 56.5 Å². The molecule has 1 amide bonds. The van der Waals surface area contributed by atoms with E-state index in [0.717, 1.165) is 20.1 Å². The van der Waals surface area contributed by atoms with Gasteiger partial charge in [0, 0.05) is 60.0 Å². The van der Waals surface area contributed by atoms with Gasteiger partial charge < -0.3 is 27.6 Å². The van der Waals surface area contributed by atoms with Crippen LogP contribution in [0, 0.1) is 0 Å². The van der Waals surface area contributed by atoms with E-state index in [0.29, 0.717) is 60.0 Å². The Hall–Kier alpha value is -3.85. The molecule has 182 valence electrons. The molecule has 8 nitrogen and oxygen atoms in total. The fourth-order valence-electron chi connectivity index (χ4n) is 4.81. The predicted molar refractivity (Wildman–Crippen MR) is 132 cm³/mol. The SMILES string of the molecule is COc1ccc(-c2ccc3n2[B-](F)(F)[N+]2=C(C)C(CCC(=O)NCCCN=[N+]=[N-])=C(C)C2=C3)cc1. The minimum Gasteiger partial charge on any atom is -0.497 e. The molecule has 2 aromatic rings. The van der Waals surface area contributed by atoms with E-state index in [2.05, 4.69) is 15.3 Å². The maximum atomic E-state index is 16.1. The van der Waals surface area contributed by atoms with Gasteiger partial charge in [-0.25, -0.2) is 0 Å². The number of fused-ring (bicyclic) bond motifs is 2. The fourth-order valence-corrected chi connectivity index (χ4v) is 4.81. The number of methoxy groups -OCH3 is 1. The Morgan fingerprint density at radius 3 is 2.66 bits per heavy atom. The van der Waals surface area contributed by atoms with Crippen molar-refractivity contribution in [2.75, 3.05) is 20.2 Å². The second kappa shape index (κ2) is 9.80. The summed E-state index contributed by atoms with van der Waals surface area (Å²) in [5.74, 6) is 0.495. The van der Waals surface area contributed by atoms with Gasteiger partial charge >= 0.3 is 6.97 Å². The summed E-state index contributed by atoms with van der Waals surface area (Å²) >= 11 is 0. The van der Waals surface area contributed by atoms with Gasteiger partial charge in [0.15, 0.2) is 5.70 Å². The van der Waals surface area contributed by atoms with Gasteiger partial charge in [0.1, 0.15) is 11.5 Å². The van der Waals surface area contributed by atoms with Crippen LogP contribution in [0.4, 0.5) is 8.63 Å². The van der Waals surface area contributed by atoms with Crippen LogP contribution >= 0.6 is 0 Å². The Labute approximate surface area is 202 Å². The molecule has 0 atom stereocenters. The highest BCUT2D eigenvalue weighted by molar-refractivity contribution is 6.58. The second-order valence-electron chi connectivity index (χ2n) is 8.58. The molecule has 0 saturated heterocycles. The standard InChI is InChI=1S/C24H27BF2N6O2/c1-16-21(10-12-24(34)29-13-4-14-30-31-28)17(2)32-23(16)15-19-7-11-22(33(19)25(32,26)27)18-5-8-20(35-3)9-6-18/h5-9,11,15H,4,10,12-14H2,1-3H3,(H,29,34). The molecular formula is C24H27BF2N6O2. The average Bonchev–Trinajstić information content (AvgIpc) is 3.38. The lowest BCUT2D eigenvalue weighted by atomic mass is 9.89. The van der Waals surface area contributed by atoms with E-state index >= 15 is 8.63 Å². The first-order valence-corrected chi connectivity index (χ1v) is 11.5. The zero-order chi connectivity index (χ0) is 25.2. The molecule has 1 aromatic heterocycles. The summed E-state index contributed by atoms with van der Waals surface area (Å²) < 4.78 is 39.6. The molecule has 4 rings (SSSR count). The Kier molecular flexibility index (Phi) is 6.80. The van der Waals surface area contributed by atoms with Crippen LogP contribution in [0.5, 0.6) is 5.75 Å². The van der Waals surface area contributed by atoms with Crippen LogP contribution in [-0.2, 0) is 4.79 Å². The third-order valence-corrected chi connectivity index (χ3v) is 6.56. The molecule has 1 N–H and O–H groups in total. The van der Waals surface area contributed by atoms with Gasteiger partial charge in [-0.05, 0) is 67.3 Å². The molecule has 0 spiro atoms. The van der Waals surface area contributed by atoms with Gasteiger partial charge in [0.25, 0.3) is 0 Å². The number of ether oxygens (including phenoxy) is 1. The molecule has 35 heavy (non-hydrogen) atoms. The molecule has 0 fully saturated rings. The van der Waals surface area contributed by atoms with E-state index in [4.69, 9.17) is 10.3 Å². The first kappa shape index (κ1) is 24.3. The fraction of sp³-hybridized carbons (Fsp3) is 0.333. The van der Waals surface area contributed by atoms with Gasteiger partial charge in [-0.3, -0.25) is 4.79 Å². The van der Waals surface area contributed by atoms with E-state index in [9.17, 15) is 4.79 Å². The van der Waals surface area contributed by atoms with Crippen molar-refractivity contribution in [1.29, 1.82) is 0 Å². The number of benzene rings is 1. The number of rotatable bonds is 9. The van der Waals surface area contributed by atoms with Crippen molar-refractivity contribution in [1.82, 2.24) is 9.79 Å². The zero-order valence-electron chi connectivity index (χ0n) is 20.0. The third-order valence-electron chi connectivity index (χ3n) is 6.56. The van der Waals surface area contributed by atoms with Crippen LogP contribution in [0.15, 0.2) is 58.4 Å². The molecule has 11 heteroatoms. The smallest absolute Gasteiger partial charge is 0.497 e. The van der Waals surface area contributed by atoms with Crippen molar-refractivity contribution in [2.45, 2.75) is 33.1 Å². The molecule has 0 aliphatic carbocycles. The van der Waals surface area contributed by atoms with E-state index in [1.807, 2.05) is 6.92 Å². The predicted octanol–water partition coefficient (Wildman–Crippen LogP) is 5.14. The summed E-state index contributed by atoms with van der Waals surface area (Å²) in [5.41, 5.74) is 12.3. The topological polar surface area (TPSA) is 95.0 Å². The Morgan fingerprint density at radius 2 is 1.97 bits per heavy atom. The van der Waals surface area contributed by atoms with Crippen molar-refractivity contribution < 1.29 is 22.6 Å². The van der Waals surface area contributed by atoms with Gasteiger partial charge in [0.2, 0.25) is 5.91 Å². The molecule has 0 bridgehead atoms. The lowest BCUT2D eigenvalue weighted by Crippen LogP contribution is -2.50. The Bertz CT molecular complexity index is 1300. The number of amides is 1. The minimum atomic E-state index is -4.14. The van der Waals surface area contributed by atoms with Gasteiger partial charge in [-0.15, -0.1) is 0 Å². The summed E-state index contributed by atoms with van der Waals surface area (Å²) in [6, 6.07) is 10.5. The third kappa shape index (κ3) is 4.47. The van der Waals surface area contributed by atoms with Crippen molar-refractivity contribution in [3.63, 3.8) is 0 Å². The van der Waals surface area contributed by atoms with Crippen LogP contribution in [0.3, 0.4) is 0 Å². The highest BCUT2D eigenvalue weighted by Crippen LogP contribution is 2.40. The van der Waals surface area contributed by atoms with Crippen LogP contribution in [0.1, 0.15) is 38.8 Å². The van der Waals surface area contributed by atoms with Crippen LogP contribution < -0.4 is 10.1 Å².